The molecule has 22 heavy (non-hydrogen) atoms. The second kappa shape index (κ2) is 11.5. The van der Waals surface area contributed by atoms with Gasteiger partial charge < -0.3 is 0 Å². The number of hydrogen-bond donors (Lipinski definition) is 0. The van der Waals surface area contributed by atoms with E-state index in [1.807, 2.05) is 0 Å². The van der Waals surface area contributed by atoms with Crippen LogP contribution in [0.4, 0.5) is 0 Å². The van der Waals surface area contributed by atoms with E-state index in [4.69, 9.17) is 4.98 Å². The van der Waals surface area contributed by atoms with Crippen LogP contribution in [-0.4, -0.2) is 30.7 Å². The van der Waals surface area contributed by atoms with E-state index in [-0.39, 0.29) is 0 Å². The van der Waals surface area contributed by atoms with E-state index in [9.17, 15) is 0 Å². The Morgan fingerprint density at radius 1 is 0.909 bits per heavy atom. The molecular formula is C19H36N2Sn. The topological polar surface area (TPSA) is 17.8 Å². The summed E-state index contributed by atoms with van der Waals surface area (Å²) in [7, 11) is 0. The molecule has 0 saturated heterocycles. The predicted octanol–water partition coefficient (Wildman–Crippen LogP) is 5.35. The van der Waals surface area contributed by atoms with Crippen LogP contribution in [0.2, 0.25) is 3.43 Å². The van der Waals surface area contributed by atoms with Gasteiger partial charge in [-0.2, -0.15) is 0 Å². The maximum absolute atomic E-state index is 4.78. The summed E-state index contributed by atoms with van der Waals surface area (Å²) >= 11 is -0.624. The van der Waals surface area contributed by atoms with Gasteiger partial charge in [0.05, 0.1) is 0 Å². The van der Waals surface area contributed by atoms with Crippen LogP contribution in [0.15, 0.2) is 12.5 Å². The fraction of sp³-hybridized carbons (Fsp3) is 0.842. The van der Waals surface area contributed by atoms with Gasteiger partial charge in [-0.1, -0.05) is 0 Å². The first-order valence-electron chi connectivity index (χ1n) is 9.49. The Labute approximate surface area is 148 Å². The minimum absolute atomic E-state index is 0.624. The molecule has 0 saturated carbocycles. The average molecular weight is 411 g/mol. The molecule has 0 unspecified atom stereocenters. The number of nitrogens with zero attached hydrogens (tertiary/aromatic N) is 2. The predicted molar refractivity (Wildman–Crippen MR) is 99.2 cm³/mol. The van der Waals surface area contributed by atoms with Crippen LogP contribution >= 0.6 is 0 Å². The van der Waals surface area contributed by atoms with Gasteiger partial charge in [0.25, 0.3) is 0 Å². The maximum atomic E-state index is 4.78. The van der Waals surface area contributed by atoms with E-state index < -0.39 is 21.1 Å². The van der Waals surface area contributed by atoms with Crippen LogP contribution in [0.3, 0.4) is 0 Å². The van der Waals surface area contributed by atoms with E-state index in [0.717, 1.165) is 6.54 Å². The Balaban J connectivity index is 2.82. The molecule has 0 aliphatic heterocycles. The van der Waals surface area contributed by atoms with Gasteiger partial charge in [-0.25, -0.2) is 0 Å². The molecule has 0 amide bonds. The van der Waals surface area contributed by atoms with Gasteiger partial charge in [0.15, 0.2) is 0 Å². The third kappa shape index (κ3) is 7.06. The fourth-order valence-corrected chi connectivity index (χ4v) is 8.33. The molecule has 1 rings (SSSR count). The van der Waals surface area contributed by atoms with Crippen LogP contribution in [0, 0.1) is 0 Å². The number of unbranched alkanes of at least 4 members (excludes halogenated alkanes) is 3. The zero-order valence-corrected chi connectivity index (χ0v) is 18.2. The van der Waals surface area contributed by atoms with Crippen molar-refractivity contribution >= 4 is 24.9 Å². The first kappa shape index (κ1) is 20.1. The Kier molecular flexibility index (Phi) is 10.5. The summed E-state index contributed by atoms with van der Waals surface area (Å²) in [6.07, 6.45) is 18.2. The SMILES string of the molecule is CCCC[C](CCCC)(CCCC)[Sn][c]1cn(CCC)cn1. The normalized spacial score (nSPS) is 12.0. The molecule has 0 aliphatic carbocycles. The van der Waals surface area contributed by atoms with Gasteiger partial charge in [-0.05, 0) is 0 Å². The second-order valence-electron chi connectivity index (χ2n) is 6.71. The molecule has 2 radical (unpaired) electrons. The Morgan fingerprint density at radius 2 is 1.45 bits per heavy atom. The van der Waals surface area contributed by atoms with Crippen molar-refractivity contribution in [3.8, 4) is 0 Å². The summed E-state index contributed by atoms with van der Waals surface area (Å²) in [6.45, 7) is 10.4. The van der Waals surface area contributed by atoms with E-state index in [2.05, 4.69) is 44.8 Å². The van der Waals surface area contributed by atoms with Crippen LogP contribution in [0.5, 0.6) is 0 Å². The Bertz CT molecular complexity index is 365. The number of hydrogen-bond acceptors (Lipinski definition) is 1. The van der Waals surface area contributed by atoms with Crippen molar-refractivity contribution in [2.45, 2.75) is 102 Å². The number of rotatable bonds is 13. The number of imidazole rings is 1. The third-order valence-electron chi connectivity index (χ3n) is 4.53. The van der Waals surface area contributed by atoms with Crippen molar-refractivity contribution in [2.75, 3.05) is 0 Å². The van der Waals surface area contributed by atoms with Crippen molar-refractivity contribution in [2.24, 2.45) is 0 Å². The van der Waals surface area contributed by atoms with Gasteiger partial charge >= 0.3 is 149 Å². The number of aryl methyl sites for hydroxylation is 1. The molecule has 2 nitrogen and oxygen atoms in total. The molecule has 1 aromatic heterocycles. The quantitative estimate of drug-likeness (QED) is 0.400. The molecule has 0 aromatic carbocycles. The summed E-state index contributed by atoms with van der Waals surface area (Å²) in [6, 6.07) is 0. The van der Waals surface area contributed by atoms with Crippen molar-refractivity contribution in [1.82, 2.24) is 9.55 Å². The monoisotopic (exact) mass is 412 g/mol. The molecule has 3 heteroatoms. The molecule has 0 fully saturated rings. The van der Waals surface area contributed by atoms with Crippen LogP contribution in [-0.2, 0) is 6.54 Å². The molecule has 0 atom stereocenters. The van der Waals surface area contributed by atoms with Gasteiger partial charge in [-0.15, -0.1) is 0 Å². The van der Waals surface area contributed by atoms with E-state index >= 15 is 0 Å². The summed E-state index contributed by atoms with van der Waals surface area (Å²) in [5, 5.41) is 0. The summed E-state index contributed by atoms with van der Waals surface area (Å²) in [5.41, 5.74) is 0. The summed E-state index contributed by atoms with van der Waals surface area (Å²) < 4.78 is 4.46. The molecule has 1 aromatic rings. The molecule has 0 spiro atoms. The molecular weight excluding hydrogens is 375 g/mol. The second-order valence-corrected chi connectivity index (χ2v) is 11.9. The van der Waals surface area contributed by atoms with Gasteiger partial charge in [0.1, 0.15) is 0 Å². The minimum atomic E-state index is -0.624. The van der Waals surface area contributed by atoms with Crippen LogP contribution in [0.1, 0.15) is 91.9 Å². The standard InChI is InChI=1S/C13H27.C6H9N2.Sn/c1-4-7-10-13(11-8-5-2)12-9-6-3;1-2-4-8-5-3-7-6-8;/h4-12H2,1-3H3;5-6H,2,4H2,1H3;. The van der Waals surface area contributed by atoms with Crippen LogP contribution in [0.25, 0.3) is 0 Å². The van der Waals surface area contributed by atoms with Crippen molar-refractivity contribution in [3.05, 3.63) is 12.5 Å². The first-order chi connectivity index (χ1) is 10.7. The van der Waals surface area contributed by atoms with Crippen molar-refractivity contribution in [1.29, 1.82) is 0 Å². The van der Waals surface area contributed by atoms with Gasteiger partial charge in [0, 0.05) is 0 Å². The fourth-order valence-electron chi connectivity index (χ4n) is 3.18. The zero-order chi connectivity index (χ0) is 16.3. The zero-order valence-electron chi connectivity index (χ0n) is 15.3. The van der Waals surface area contributed by atoms with Gasteiger partial charge in [0.2, 0.25) is 0 Å². The third-order valence-corrected chi connectivity index (χ3v) is 9.66. The summed E-state index contributed by atoms with van der Waals surface area (Å²) in [4.78, 5) is 4.78. The first-order valence-corrected chi connectivity index (χ1v) is 12.3. The van der Waals surface area contributed by atoms with E-state index in [1.54, 1.807) is 0 Å². The van der Waals surface area contributed by atoms with E-state index in [1.165, 1.54) is 67.9 Å². The Hall–Kier alpha value is 0.00870. The van der Waals surface area contributed by atoms with Crippen molar-refractivity contribution < 1.29 is 0 Å². The van der Waals surface area contributed by atoms with Crippen LogP contribution < -0.4 is 3.71 Å². The number of aromatic nitrogens is 2. The molecule has 0 bridgehead atoms. The molecule has 0 N–H and O–H groups in total. The van der Waals surface area contributed by atoms with Crippen molar-refractivity contribution in [3.63, 3.8) is 0 Å². The molecule has 0 aliphatic rings. The van der Waals surface area contributed by atoms with Gasteiger partial charge in [-0.3, -0.25) is 0 Å². The average Bonchev–Trinajstić information content (AvgIpc) is 2.96. The Morgan fingerprint density at radius 3 is 1.91 bits per heavy atom. The summed E-state index contributed by atoms with van der Waals surface area (Å²) in [5.74, 6) is 0. The molecule has 126 valence electrons. The van der Waals surface area contributed by atoms with E-state index in [0.29, 0.717) is 3.43 Å². The molecule has 1 heterocycles.